The highest BCUT2D eigenvalue weighted by atomic mass is 16.5. The minimum absolute atomic E-state index is 0.0972. The summed E-state index contributed by atoms with van der Waals surface area (Å²) in [6, 6.07) is 6.99. The molecule has 0 radical (unpaired) electrons. The maximum atomic E-state index is 11.1. The lowest BCUT2D eigenvalue weighted by atomic mass is 10.1. The molecule has 1 aromatic rings. The number of ketones is 1. The number of Topliss-reactive ketones (excluding diaryl/α,β-unsaturated/α-hetero) is 1. The zero-order valence-corrected chi connectivity index (χ0v) is 11.4. The van der Waals surface area contributed by atoms with Crippen molar-refractivity contribution in [2.24, 2.45) is 0 Å². The first-order chi connectivity index (χ1) is 9.02. The summed E-state index contributed by atoms with van der Waals surface area (Å²) < 4.78 is 5.45. The van der Waals surface area contributed by atoms with Gasteiger partial charge in [0.2, 0.25) is 0 Å². The molecule has 1 aromatic carbocycles. The van der Waals surface area contributed by atoms with Crippen LogP contribution in [0.4, 0.5) is 0 Å². The van der Waals surface area contributed by atoms with Crippen LogP contribution in [0.2, 0.25) is 0 Å². The lowest BCUT2D eigenvalue weighted by Crippen LogP contribution is -2.26. The van der Waals surface area contributed by atoms with Crippen molar-refractivity contribution in [2.45, 2.75) is 45.6 Å². The zero-order valence-electron chi connectivity index (χ0n) is 11.4. The number of carboxylic acids is 1. The molecule has 1 unspecified atom stereocenters. The quantitative estimate of drug-likeness (QED) is 0.784. The van der Waals surface area contributed by atoms with Crippen LogP contribution in [0, 0.1) is 0 Å². The summed E-state index contributed by atoms with van der Waals surface area (Å²) in [5.41, 5.74) is 0.903. The van der Waals surface area contributed by atoms with Crippen LogP contribution in [-0.2, 0) is 16.0 Å². The standard InChI is InChI=1S/C15H20O4/c1-3-4-5-14(15(17)18)19-13-8-6-12(7-9-13)10-11(2)16/h6-9,14H,3-5,10H2,1-2H3,(H,17,18). The van der Waals surface area contributed by atoms with Gasteiger partial charge in [0, 0.05) is 6.42 Å². The number of rotatable bonds is 8. The van der Waals surface area contributed by atoms with E-state index < -0.39 is 12.1 Å². The average molecular weight is 264 g/mol. The molecule has 0 saturated heterocycles. The van der Waals surface area contributed by atoms with Crippen LogP contribution in [0.3, 0.4) is 0 Å². The van der Waals surface area contributed by atoms with Gasteiger partial charge in [-0.1, -0.05) is 25.5 Å². The minimum Gasteiger partial charge on any atom is -0.479 e. The lowest BCUT2D eigenvalue weighted by Gasteiger charge is -2.14. The normalized spacial score (nSPS) is 11.9. The Balaban J connectivity index is 2.64. The van der Waals surface area contributed by atoms with Gasteiger partial charge < -0.3 is 9.84 Å². The molecule has 1 atom stereocenters. The minimum atomic E-state index is -0.943. The van der Waals surface area contributed by atoms with E-state index in [-0.39, 0.29) is 5.78 Å². The Kier molecular flexibility index (Phi) is 6.06. The molecular weight excluding hydrogens is 244 g/mol. The summed E-state index contributed by atoms with van der Waals surface area (Å²) in [4.78, 5) is 22.0. The van der Waals surface area contributed by atoms with Crippen molar-refractivity contribution in [3.63, 3.8) is 0 Å². The fraction of sp³-hybridized carbons (Fsp3) is 0.467. The third kappa shape index (κ3) is 5.55. The van der Waals surface area contributed by atoms with E-state index in [1.807, 2.05) is 6.92 Å². The first-order valence-corrected chi connectivity index (χ1v) is 6.50. The molecule has 0 heterocycles. The number of aliphatic carboxylic acids is 1. The average Bonchev–Trinajstić information content (AvgIpc) is 2.35. The number of benzene rings is 1. The third-order valence-corrected chi connectivity index (χ3v) is 2.75. The zero-order chi connectivity index (χ0) is 14.3. The number of carbonyl (C=O) groups is 2. The molecule has 0 amide bonds. The maximum Gasteiger partial charge on any atom is 0.344 e. The Morgan fingerprint density at radius 3 is 2.37 bits per heavy atom. The molecule has 104 valence electrons. The van der Waals surface area contributed by atoms with Gasteiger partial charge in [0.25, 0.3) is 0 Å². The van der Waals surface area contributed by atoms with Gasteiger partial charge in [0.1, 0.15) is 11.5 Å². The number of hydrogen-bond donors (Lipinski definition) is 1. The highest BCUT2D eigenvalue weighted by molar-refractivity contribution is 5.78. The van der Waals surface area contributed by atoms with Crippen LogP contribution in [-0.4, -0.2) is 23.0 Å². The highest BCUT2D eigenvalue weighted by Gasteiger charge is 2.18. The fourth-order valence-corrected chi connectivity index (χ4v) is 1.76. The molecule has 0 spiro atoms. The summed E-state index contributed by atoms with van der Waals surface area (Å²) in [5, 5.41) is 9.07. The van der Waals surface area contributed by atoms with Crippen molar-refractivity contribution in [1.82, 2.24) is 0 Å². The molecule has 1 N–H and O–H groups in total. The van der Waals surface area contributed by atoms with Gasteiger partial charge in [-0.3, -0.25) is 4.79 Å². The van der Waals surface area contributed by atoms with Gasteiger partial charge in [0.15, 0.2) is 6.10 Å². The molecule has 1 rings (SSSR count). The molecular formula is C15H20O4. The summed E-state index contributed by atoms with van der Waals surface area (Å²) in [6.07, 6.45) is 1.84. The number of hydrogen-bond acceptors (Lipinski definition) is 3. The molecule has 0 fully saturated rings. The van der Waals surface area contributed by atoms with Crippen molar-refractivity contribution in [1.29, 1.82) is 0 Å². The van der Waals surface area contributed by atoms with Crippen LogP contribution in [0.15, 0.2) is 24.3 Å². The van der Waals surface area contributed by atoms with E-state index in [1.54, 1.807) is 24.3 Å². The second-order valence-electron chi connectivity index (χ2n) is 4.61. The van der Waals surface area contributed by atoms with Crippen molar-refractivity contribution < 1.29 is 19.4 Å². The van der Waals surface area contributed by atoms with Crippen LogP contribution < -0.4 is 4.74 Å². The van der Waals surface area contributed by atoms with Gasteiger partial charge >= 0.3 is 5.97 Å². The van der Waals surface area contributed by atoms with E-state index in [4.69, 9.17) is 9.84 Å². The molecule has 0 aromatic heterocycles. The Bertz CT molecular complexity index is 422. The van der Waals surface area contributed by atoms with E-state index in [0.717, 1.165) is 18.4 Å². The molecule has 19 heavy (non-hydrogen) atoms. The predicted molar refractivity (Wildman–Crippen MR) is 72.4 cm³/mol. The Morgan fingerprint density at radius 1 is 1.26 bits per heavy atom. The monoisotopic (exact) mass is 264 g/mol. The second-order valence-corrected chi connectivity index (χ2v) is 4.61. The SMILES string of the molecule is CCCCC(Oc1ccc(CC(C)=O)cc1)C(=O)O. The van der Waals surface area contributed by atoms with Crippen molar-refractivity contribution >= 4 is 11.8 Å². The number of unbranched alkanes of at least 4 members (excludes halogenated alkanes) is 1. The molecule has 0 bridgehead atoms. The summed E-state index contributed by atoms with van der Waals surface area (Å²) >= 11 is 0. The van der Waals surface area contributed by atoms with E-state index in [9.17, 15) is 9.59 Å². The first kappa shape index (κ1) is 15.2. The van der Waals surface area contributed by atoms with Gasteiger partial charge in [-0.15, -0.1) is 0 Å². The smallest absolute Gasteiger partial charge is 0.344 e. The molecule has 4 nitrogen and oxygen atoms in total. The van der Waals surface area contributed by atoms with E-state index in [0.29, 0.717) is 18.6 Å². The maximum absolute atomic E-state index is 11.1. The van der Waals surface area contributed by atoms with E-state index >= 15 is 0 Å². The summed E-state index contributed by atoms with van der Waals surface area (Å²) in [6.45, 7) is 3.55. The first-order valence-electron chi connectivity index (χ1n) is 6.50. The third-order valence-electron chi connectivity index (χ3n) is 2.75. The van der Waals surface area contributed by atoms with Gasteiger partial charge in [0.05, 0.1) is 0 Å². The molecule has 0 saturated carbocycles. The Labute approximate surface area is 113 Å². The van der Waals surface area contributed by atoms with E-state index in [2.05, 4.69) is 0 Å². The predicted octanol–water partition coefficient (Wildman–Crippen LogP) is 2.84. The summed E-state index contributed by atoms with van der Waals surface area (Å²) in [7, 11) is 0. The van der Waals surface area contributed by atoms with Crippen LogP contribution in [0.25, 0.3) is 0 Å². The number of ether oxygens (including phenoxy) is 1. The molecule has 0 aliphatic carbocycles. The molecule has 0 aliphatic heterocycles. The lowest BCUT2D eigenvalue weighted by molar-refractivity contribution is -0.145. The van der Waals surface area contributed by atoms with Crippen molar-refractivity contribution in [3.05, 3.63) is 29.8 Å². The van der Waals surface area contributed by atoms with Gasteiger partial charge in [-0.05, 0) is 37.5 Å². The highest BCUT2D eigenvalue weighted by Crippen LogP contribution is 2.16. The Morgan fingerprint density at radius 2 is 1.89 bits per heavy atom. The number of carbonyl (C=O) groups excluding carboxylic acids is 1. The van der Waals surface area contributed by atoms with Crippen LogP contribution >= 0.6 is 0 Å². The van der Waals surface area contributed by atoms with Crippen LogP contribution in [0.5, 0.6) is 5.75 Å². The largest absolute Gasteiger partial charge is 0.479 e. The second kappa shape index (κ2) is 7.56. The number of carboxylic acid groups (broad SMARTS) is 1. The Hall–Kier alpha value is -1.84. The van der Waals surface area contributed by atoms with Gasteiger partial charge in [-0.2, -0.15) is 0 Å². The van der Waals surface area contributed by atoms with Crippen molar-refractivity contribution in [2.75, 3.05) is 0 Å². The van der Waals surface area contributed by atoms with E-state index in [1.165, 1.54) is 6.92 Å². The van der Waals surface area contributed by atoms with Crippen molar-refractivity contribution in [3.8, 4) is 5.75 Å². The molecule has 0 aliphatic rings. The van der Waals surface area contributed by atoms with Gasteiger partial charge in [-0.25, -0.2) is 4.79 Å². The molecule has 4 heteroatoms. The van der Waals surface area contributed by atoms with Crippen LogP contribution in [0.1, 0.15) is 38.7 Å². The summed E-state index contributed by atoms with van der Waals surface area (Å²) in [5.74, 6) is -0.322. The topological polar surface area (TPSA) is 63.6 Å². The fourth-order valence-electron chi connectivity index (χ4n) is 1.76.